The molecular formula is C28H32FN7O. The molecule has 3 aromatic heterocycles. The van der Waals surface area contributed by atoms with E-state index in [0.717, 1.165) is 48.5 Å². The van der Waals surface area contributed by atoms with Crippen molar-refractivity contribution in [3.8, 4) is 11.1 Å². The topological polar surface area (TPSA) is 91.1 Å². The van der Waals surface area contributed by atoms with Gasteiger partial charge in [0.25, 0.3) is 0 Å². The fourth-order valence-corrected chi connectivity index (χ4v) is 5.27. The predicted molar refractivity (Wildman–Crippen MR) is 144 cm³/mol. The number of halogens is 1. The Morgan fingerprint density at radius 3 is 2.70 bits per heavy atom. The Bertz CT molecular complexity index is 1490. The number of pyridine rings is 2. The molecule has 0 saturated carbocycles. The highest BCUT2D eigenvalue weighted by molar-refractivity contribution is 5.90. The van der Waals surface area contributed by atoms with Crippen LogP contribution in [0.1, 0.15) is 36.9 Å². The maximum atomic E-state index is 15.3. The minimum atomic E-state index is -0.684. The smallest absolute Gasteiger partial charge is 0.153 e. The Kier molecular flexibility index (Phi) is 5.65. The number of benzene rings is 1. The first-order chi connectivity index (χ1) is 17.7. The second-order valence-electron chi connectivity index (χ2n) is 11.0. The molecule has 37 heavy (non-hydrogen) atoms. The maximum absolute atomic E-state index is 15.3. The van der Waals surface area contributed by atoms with Gasteiger partial charge in [0.1, 0.15) is 17.7 Å². The summed E-state index contributed by atoms with van der Waals surface area (Å²) in [5, 5.41) is 23.8. The second-order valence-corrected chi connectivity index (χ2v) is 11.0. The molecule has 2 aliphatic rings. The second kappa shape index (κ2) is 8.78. The molecule has 192 valence electrons. The van der Waals surface area contributed by atoms with Crippen LogP contribution in [0.4, 0.5) is 21.7 Å². The van der Waals surface area contributed by atoms with Crippen molar-refractivity contribution in [1.29, 1.82) is 0 Å². The first-order valence-electron chi connectivity index (χ1n) is 12.7. The number of hydrogen-bond donors (Lipinski definition) is 3. The summed E-state index contributed by atoms with van der Waals surface area (Å²) in [7, 11) is 2.13. The Hall–Kier alpha value is -3.56. The van der Waals surface area contributed by atoms with Crippen LogP contribution in [0.15, 0.2) is 36.7 Å². The van der Waals surface area contributed by atoms with Crippen molar-refractivity contribution in [3.63, 3.8) is 0 Å². The highest BCUT2D eigenvalue weighted by Gasteiger charge is 2.37. The lowest BCUT2D eigenvalue weighted by atomic mass is 9.80. The van der Waals surface area contributed by atoms with Gasteiger partial charge >= 0.3 is 0 Å². The van der Waals surface area contributed by atoms with Gasteiger partial charge in [-0.15, -0.1) is 0 Å². The van der Waals surface area contributed by atoms with E-state index in [1.54, 1.807) is 12.4 Å². The summed E-state index contributed by atoms with van der Waals surface area (Å²) >= 11 is 0. The van der Waals surface area contributed by atoms with Crippen LogP contribution in [0.2, 0.25) is 0 Å². The van der Waals surface area contributed by atoms with Gasteiger partial charge in [-0.2, -0.15) is 5.10 Å². The van der Waals surface area contributed by atoms with Gasteiger partial charge in [0.05, 0.1) is 17.9 Å². The monoisotopic (exact) mass is 501 g/mol. The fourth-order valence-electron chi connectivity index (χ4n) is 5.27. The number of rotatable bonds is 3. The molecule has 1 unspecified atom stereocenters. The Balaban J connectivity index is 1.33. The molecule has 5 heterocycles. The summed E-state index contributed by atoms with van der Waals surface area (Å²) in [6.45, 7) is 9.40. The lowest BCUT2D eigenvalue weighted by Crippen LogP contribution is -2.36. The van der Waals surface area contributed by atoms with Crippen molar-refractivity contribution >= 4 is 28.1 Å². The minimum absolute atomic E-state index is 0.331. The molecule has 9 heteroatoms. The van der Waals surface area contributed by atoms with Crippen LogP contribution in [-0.2, 0) is 13.0 Å². The molecule has 2 aliphatic heterocycles. The van der Waals surface area contributed by atoms with E-state index >= 15 is 4.39 Å². The quantitative estimate of drug-likeness (QED) is 0.376. The summed E-state index contributed by atoms with van der Waals surface area (Å²) < 4.78 is 17.4. The Labute approximate surface area is 215 Å². The van der Waals surface area contributed by atoms with E-state index in [4.69, 9.17) is 5.10 Å². The van der Waals surface area contributed by atoms with E-state index < -0.39 is 6.10 Å². The van der Waals surface area contributed by atoms with E-state index in [2.05, 4.69) is 43.3 Å². The van der Waals surface area contributed by atoms with E-state index in [0.29, 0.717) is 34.6 Å². The number of nitrogens with zero attached hydrogens (tertiary/aromatic N) is 5. The molecule has 0 bridgehead atoms. The molecule has 0 amide bonds. The highest BCUT2D eigenvalue weighted by atomic mass is 19.1. The van der Waals surface area contributed by atoms with Crippen LogP contribution in [-0.4, -0.2) is 56.4 Å². The largest absolute Gasteiger partial charge is 0.386 e. The van der Waals surface area contributed by atoms with Gasteiger partial charge in [-0.3, -0.25) is 9.67 Å². The van der Waals surface area contributed by atoms with Crippen LogP contribution in [0.3, 0.4) is 0 Å². The van der Waals surface area contributed by atoms with Crippen molar-refractivity contribution in [2.24, 2.45) is 5.41 Å². The zero-order valence-electron chi connectivity index (χ0n) is 21.6. The number of aliphatic hydroxyl groups is 1. The molecule has 0 fully saturated rings. The lowest BCUT2D eigenvalue weighted by Gasteiger charge is -2.37. The third-order valence-electron chi connectivity index (χ3n) is 7.75. The molecule has 0 aliphatic carbocycles. The summed E-state index contributed by atoms with van der Waals surface area (Å²) in [4.78, 5) is 11.4. The molecule has 3 N–H and O–H groups in total. The highest BCUT2D eigenvalue weighted by Crippen LogP contribution is 2.44. The number of fused-ring (bicyclic) bond motifs is 3. The van der Waals surface area contributed by atoms with E-state index in [1.165, 1.54) is 11.8 Å². The number of aromatic nitrogens is 4. The summed E-state index contributed by atoms with van der Waals surface area (Å²) in [5.74, 6) is 1.08. The van der Waals surface area contributed by atoms with Gasteiger partial charge in [-0.1, -0.05) is 13.8 Å². The van der Waals surface area contributed by atoms with E-state index in [-0.39, 0.29) is 11.2 Å². The van der Waals surface area contributed by atoms with Crippen molar-refractivity contribution in [3.05, 3.63) is 59.4 Å². The van der Waals surface area contributed by atoms with Crippen molar-refractivity contribution in [1.82, 2.24) is 24.6 Å². The van der Waals surface area contributed by atoms with Gasteiger partial charge < -0.3 is 20.6 Å². The molecule has 0 radical (unpaired) electrons. The first-order valence-corrected chi connectivity index (χ1v) is 12.7. The standard InChI is InChI=1S/C28H32FN7O/c1-16-21(14-31-26-25(16)32-15-28(2,3)27(26)37)20-9-17-11-23(30-13-18(17)10-22(20)29)33-24-12-19-5-6-35(4)7-8-36(19)34-24/h9-14,27,32,37H,5-8,15H2,1-4H3,(H,30,33,34). The predicted octanol–water partition coefficient (Wildman–Crippen LogP) is 4.66. The molecular weight excluding hydrogens is 469 g/mol. The summed E-state index contributed by atoms with van der Waals surface area (Å²) in [6.07, 6.45) is 3.62. The SMILES string of the molecule is Cc1c(-c2cc3cc(Nc4cc5n(n4)CCN(C)CC5)ncc3cc2F)cnc2c1NCC(C)(C)C2O. The van der Waals surface area contributed by atoms with Crippen LogP contribution in [0.25, 0.3) is 21.9 Å². The normalized spacial score (nSPS) is 19.1. The first kappa shape index (κ1) is 23.8. The molecule has 1 aromatic carbocycles. The number of anilines is 3. The average Bonchev–Trinajstić information content (AvgIpc) is 3.17. The molecule has 6 rings (SSSR count). The van der Waals surface area contributed by atoms with Gasteiger partial charge in [-0.05, 0) is 43.1 Å². The lowest BCUT2D eigenvalue weighted by molar-refractivity contribution is 0.0501. The fraction of sp³-hybridized carbons (Fsp3) is 0.393. The van der Waals surface area contributed by atoms with Gasteiger partial charge in [0.2, 0.25) is 0 Å². The summed E-state index contributed by atoms with van der Waals surface area (Å²) in [5.41, 5.74) is 4.31. The number of hydrogen-bond acceptors (Lipinski definition) is 7. The van der Waals surface area contributed by atoms with Crippen LogP contribution >= 0.6 is 0 Å². The Morgan fingerprint density at radius 1 is 1.03 bits per heavy atom. The summed E-state index contributed by atoms with van der Waals surface area (Å²) in [6, 6.07) is 7.35. The average molecular weight is 502 g/mol. The molecule has 1 atom stereocenters. The molecule has 8 nitrogen and oxygen atoms in total. The van der Waals surface area contributed by atoms with Gasteiger partial charge in [-0.25, -0.2) is 9.37 Å². The van der Waals surface area contributed by atoms with Gasteiger partial charge in [0, 0.05) is 72.1 Å². The third kappa shape index (κ3) is 4.22. The number of nitrogens with one attached hydrogen (secondary N) is 2. The van der Waals surface area contributed by atoms with E-state index in [1.807, 2.05) is 32.9 Å². The van der Waals surface area contributed by atoms with Crippen LogP contribution in [0, 0.1) is 18.2 Å². The van der Waals surface area contributed by atoms with Crippen molar-refractivity contribution < 1.29 is 9.50 Å². The van der Waals surface area contributed by atoms with Crippen molar-refractivity contribution in [2.45, 2.75) is 39.8 Å². The zero-order chi connectivity index (χ0) is 25.9. The minimum Gasteiger partial charge on any atom is -0.386 e. The molecule has 0 spiro atoms. The maximum Gasteiger partial charge on any atom is 0.153 e. The van der Waals surface area contributed by atoms with Gasteiger partial charge in [0.15, 0.2) is 5.82 Å². The van der Waals surface area contributed by atoms with Crippen molar-refractivity contribution in [2.75, 3.05) is 37.3 Å². The van der Waals surface area contributed by atoms with Crippen LogP contribution < -0.4 is 10.6 Å². The van der Waals surface area contributed by atoms with E-state index in [9.17, 15) is 5.11 Å². The third-order valence-corrected chi connectivity index (χ3v) is 7.75. The Morgan fingerprint density at radius 2 is 1.86 bits per heavy atom. The number of aliphatic hydroxyl groups excluding tert-OH is 1. The van der Waals surface area contributed by atoms with Crippen LogP contribution in [0.5, 0.6) is 0 Å². The number of likely N-dealkylation sites (N-methyl/N-ethyl adjacent to an activating group) is 1. The molecule has 0 saturated heterocycles. The zero-order valence-corrected chi connectivity index (χ0v) is 21.6. The molecule has 4 aromatic rings.